The predicted octanol–water partition coefficient (Wildman–Crippen LogP) is 12.9. The highest BCUT2D eigenvalue weighted by molar-refractivity contribution is 5.69. The van der Waals surface area contributed by atoms with Crippen LogP contribution in [0.15, 0.2) is 46.6 Å². The van der Waals surface area contributed by atoms with Crippen LogP contribution in [0.2, 0.25) is 0 Å². The molecule has 0 aliphatic rings. The molecule has 0 aromatic heterocycles. The zero-order valence-corrected chi connectivity index (χ0v) is 28.1. The SMILES string of the molecule is CCCCCCCCCCCCCCCCCC(=O)OC(C=C(C)CCC=C(C)C)CC=C(C)CCC=C(C)C. The maximum absolute atomic E-state index is 12.7. The van der Waals surface area contributed by atoms with Gasteiger partial charge in [-0.15, -0.1) is 0 Å². The monoisotopic (exact) mass is 557 g/mol. The molecule has 40 heavy (non-hydrogen) atoms. The molecule has 0 aliphatic heterocycles. The summed E-state index contributed by atoms with van der Waals surface area (Å²) < 4.78 is 5.97. The van der Waals surface area contributed by atoms with Gasteiger partial charge in [-0.1, -0.05) is 137 Å². The fourth-order valence-corrected chi connectivity index (χ4v) is 5.02. The summed E-state index contributed by atoms with van der Waals surface area (Å²) >= 11 is 0. The van der Waals surface area contributed by atoms with Gasteiger partial charge in [-0.3, -0.25) is 4.79 Å². The number of carbonyl (C=O) groups excluding carboxylic acids is 1. The summed E-state index contributed by atoms with van der Waals surface area (Å²) in [6.07, 6.45) is 34.4. The first kappa shape index (κ1) is 38.4. The molecule has 1 unspecified atom stereocenters. The first-order valence-electron chi connectivity index (χ1n) is 17.0. The highest BCUT2D eigenvalue weighted by atomic mass is 16.5. The van der Waals surface area contributed by atoms with Gasteiger partial charge in [0.25, 0.3) is 0 Å². The van der Waals surface area contributed by atoms with Crippen LogP contribution in [0.4, 0.5) is 0 Å². The van der Waals surface area contributed by atoms with Crippen LogP contribution in [0.5, 0.6) is 0 Å². The van der Waals surface area contributed by atoms with Crippen LogP contribution in [-0.4, -0.2) is 12.1 Å². The van der Waals surface area contributed by atoms with Gasteiger partial charge < -0.3 is 4.74 Å². The third-order valence-electron chi connectivity index (χ3n) is 7.62. The van der Waals surface area contributed by atoms with E-state index in [4.69, 9.17) is 4.74 Å². The molecule has 0 spiro atoms. The molecule has 0 aliphatic carbocycles. The van der Waals surface area contributed by atoms with Gasteiger partial charge in [-0.2, -0.15) is 0 Å². The van der Waals surface area contributed by atoms with Crippen molar-refractivity contribution >= 4 is 5.97 Å². The van der Waals surface area contributed by atoms with Gasteiger partial charge in [0.1, 0.15) is 6.10 Å². The van der Waals surface area contributed by atoms with Crippen LogP contribution in [0, 0.1) is 0 Å². The van der Waals surface area contributed by atoms with Gasteiger partial charge in [0, 0.05) is 12.8 Å². The van der Waals surface area contributed by atoms with E-state index in [0.29, 0.717) is 6.42 Å². The molecule has 0 aromatic rings. The van der Waals surface area contributed by atoms with E-state index in [2.05, 4.69) is 72.8 Å². The molecule has 1 atom stereocenters. The minimum atomic E-state index is -0.158. The summed E-state index contributed by atoms with van der Waals surface area (Å²) in [5.41, 5.74) is 5.40. The Kier molecular flexibility index (Phi) is 26.5. The number of esters is 1. The Balaban J connectivity index is 4.28. The number of hydrogen-bond donors (Lipinski definition) is 0. The molecule has 0 radical (unpaired) electrons. The Hall–Kier alpha value is -1.57. The standard InChI is InChI=1S/C38H68O2/c1-8-9-10-11-12-13-14-15-16-17-18-19-20-21-22-29-38(39)40-37(32-36(7)28-24-26-34(4)5)31-30-35(6)27-23-25-33(2)3/h25-26,30,32,37H,8-24,27-29,31H2,1-7H3. The van der Waals surface area contributed by atoms with Gasteiger partial charge in [0.2, 0.25) is 0 Å². The molecule has 0 saturated carbocycles. The highest BCUT2D eigenvalue weighted by Gasteiger charge is 2.12. The van der Waals surface area contributed by atoms with Crippen LogP contribution < -0.4 is 0 Å². The molecule has 0 saturated heterocycles. The molecule has 0 heterocycles. The second kappa shape index (κ2) is 27.6. The lowest BCUT2D eigenvalue weighted by atomic mass is 10.0. The summed E-state index contributed by atoms with van der Waals surface area (Å²) in [6, 6.07) is 0. The molecule has 2 heteroatoms. The number of ether oxygens (including phenoxy) is 1. The lowest BCUT2D eigenvalue weighted by molar-refractivity contribution is -0.146. The van der Waals surface area contributed by atoms with Crippen LogP contribution in [0.3, 0.4) is 0 Å². The molecule has 0 fully saturated rings. The lowest BCUT2D eigenvalue weighted by Crippen LogP contribution is -2.16. The van der Waals surface area contributed by atoms with E-state index in [-0.39, 0.29) is 12.1 Å². The summed E-state index contributed by atoms with van der Waals surface area (Å²) in [5, 5.41) is 0. The van der Waals surface area contributed by atoms with Crippen molar-refractivity contribution in [3.05, 3.63) is 46.6 Å². The second-order valence-electron chi connectivity index (χ2n) is 12.7. The van der Waals surface area contributed by atoms with Gasteiger partial charge >= 0.3 is 5.97 Å². The van der Waals surface area contributed by atoms with E-state index < -0.39 is 0 Å². The zero-order valence-electron chi connectivity index (χ0n) is 28.1. The maximum atomic E-state index is 12.7. The molecular formula is C38H68O2. The topological polar surface area (TPSA) is 26.3 Å². The van der Waals surface area contributed by atoms with Crippen LogP contribution in [0.25, 0.3) is 0 Å². The van der Waals surface area contributed by atoms with Crippen molar-refractivity contribution < 1.29 is 9.53 Å². The van der Waals surface area contributed by atoms with E-state index in [1.807, 2.05) is 0 Å². The number of carbonyl (C=O) groups is 1. The molecular weight excluding hydrogens is 488 g/mol. The summed E-state index contributed by atoms with van der Waals surface area (Å²) in [5.74, 6) is -0.0383. The largest absolute Gasteiger partial charge is 0.458 e. The normalized spacial score (nSPS) is 12.8. The van der Waals surface area contributed by atoms with Crippen LogP contribution >= 0.6 is 0 Å². The van der Waals surface area contributed by atoms with Gasteiger partial charge in [0.05, 0.1) is 0 Å². The Labute approximate surface area is 251 Å². The average molecular weight is 557 g/mol. The van der Waals surface area contributed by atoms with E-state index >= 15 is 0 Å². The minimum absolute atomic E-state index is 0.0383. The summed E-state index contributed by atoms with van der Waals surface area (Å²) in [4.78, 5) is 12.7. The minimum Gasteiger partial charge on any atom is -0.458 e. The third-order valence-corrected chi connectivity index (χ3v) is 7.62. The van der Waals surface area contributed by atoms with Crippen molar-refractivity contribution in [2.24, 2.45) is 0 Å². The molecule has 0 rings (SSSR count). The maximum Gasteiger partial charge on any atom is 0.306 e. The van der Waals surface area contributed by atoms with E-state index in [1.54, 1.807) is 0 Å². The Morgan fingerprint density at radius 1 is 0.550 bits per heavy atom. The average Bonchev–Trinajstić information content (AvgIpc) is 2.89. The van der Waals surface area contributed by atoms with E-state index in [0.717, 1.165) is 44.9 Å². The van der Waals surface area contributed by atoms with E-state index in [9.17, 15) is 4.79 Å². The van der Waals surface area contributed by atoms with Crippen molar-refractivity contribution in [3.63, 3.8) is 0 Å². The van der Waals surface area contributed by atoms with Gasteiger partial charge in [-0.25, -0.2) is 0 Å². The number of rotatable bonds is 26. The quantitative estimate of drug-likeness (QED) is 0.0601. The molecule has 0 aromatic carbocycles. The zero-order chi connectivity index (χ0) is 29.8. The molecule has 0 bridgehead atoms. The van der Waals surface area contributed by atoms with Crippen molar-refractivity contribution in [1.82, 2.24) is 0 Å². The van der Waals surface area contributed by atoms with Crippen molar-refractivity contribution in [2.75, 3.05) is 0 Å². The van der Waals surface area contributed by atoms with Crippen molar-refractivity contribution in [2.45, 2.75) is 189 Å². The summed E-state index contributed by atoms with van der Waals surface area (Å²) in [6.45, 7) is 15.2. The van der Waals surface area contributed by atoms with Crippen molar-refractivity contribution in [3.8, 4) is 0 Å². The fraction of sp³-hybridized carbons (Fsp3) is 0.763. The molecule has 232 valence electrons. The van der Waals surface area contributed by atoms with Gasteiger partial charge in [0.15, 0.2) is 0 Å². The van der Waals surface area contributed by atoms with Gasteiger partial charge in [-0.05, 0) is 79.7 Å². The molecule has 2 nitrogen and oxygen atoms in total. The summed E-state index contributed by atoms with van der Waals surface area (Å²) in [7, 11) is 0. The predicted molar refractivity (Wildman–Crippen MR) is 179 cm³/mol. The first-order valence-corrected chi connectivity index (χ1v) is 17.0. The highest BCUT2D eigenvalue weighted by Crippen LogP contribution is 2.17. The fourth-order valence-electron chi connectivity index (χ4n) is 5.02. The van der Waals surface area contributed by atoms with E-state index in [1.165, 1.54) is 106 Å². The number of allylic oxidation sites excluding steroid dienone is 6. The first-order chi connectivity index (χ1) is 19.2. The third kappa shape index (κ3) is 28.0. The Bertz CT molecular complexity index is 729. The number of hydrogen-bond acceptors (Lipinski definition) is 2. The van der Waals surface area contributed by atoms with Crippen LogP contribution in [0.1, 0.15) is 183 Å². The Morgan fingerprint density at radius 2 is 0.975 bits per heavy atom. The smallest absolute Gasteiger partial charge is 0.306 e. The molecule has 0 amide bonds. The number of unbranched alkanes of at least 4 members (excludes halogenated alkanes) is 14. The molecule has 0 N–H and O–H groups in total. The van der Waals surface area contributed by atoms with Crippen molar-refractivity contribution in [1.29, 1.82) is 0 Å². The second-order valence-corrected chi connectivity index (χ2v) is 12.7. The Morgan fingerprint density at radius 3 is 1.43 bits per heavy atom. The lowest BCUT2D eigenvalue weighted by Gasteiger charge is -2.15. The van der Waals surface area contributed by atoms with Crippen LogP contribution in [-0.2, 0) is 9.53 Å².